The van der Waals surface area contributed by atoms with Crippen molar-refractivity contribution in [2.24, 2.45) is 0 Å². The fraction of sp³-hybridized carbons (Fsp3) is 0.143. The summed E-state index contributed by atoms with van der Waals surface area (Å²) in [5, 5.41) is 11.1. The molecule has 3 aromatic carbocycles. The molecule has 0 bridgehead atoms. The molecule has 0 aliphatic carbocycles. The molecule has 0 aliphatic heterocycles. The molecule has 0 aromatic heterocycles. The number of para-hydroxylation sites is 1. The third-order valence-corrected chi connectivity index (χ3v) is 4.22. The molecule has 4 nitrogen and oxygen atoms in total. The van der Waals surface area contributed by atoms with Crippen molar-refractivity contribution in [3.8, 4) is 11.5 Å². The first kappa shape index (κ1) is 17.0. The van der Waals surface area contributed by atoms with E-state index in [1.54, 1.807) is 36.4 Å². The van der Waals surface area contributed by atoms with Gasteiger partial charge in [-0.25, -0.2) is 0 Å². The van der Waals surface area contributed by atoms with Gasteiger partial charge in [0.25, 0.3) is 0 Å². The van der Waals surface area contributed by atoms with E-state index in [0.717, 1.165) is 5.56 Å². The molecular formula is C21H21NO3. The maximum absolute atomic E-state index is 11.8. The Balaban J connectivity index is 1.68. The van der Waals surface area contributed by atoms with Gasteiger partial charge in [-0.05, 0) is 35.4 Å². The van der Waals surface area contributed by atoms with Crippen molar-refractivity contribution in [1.29, 1.82) is 0 Å². The summed E-state index contributed by atoms with van der Waals surface area (Å²) >= 11 is 0. The average molecular weight is 335 g/mol. The smallest absolute Gasteiger partial charge is 0.196 e. The van der Waals surface area contributed by atoms with E-state index in [1.165, 1.54) is 5.56 Å². The number of rotatable bonds is 6. The van der Waals surface area contributed by atoms with Gasteiger partial charge in [0.1, 0.15) is 0 Å². The van der Waals surface area contributed by atoms with Crippen LogP contribution >= 0.6 is 0 Å². The van der Waals surface area contributed by atoms with Gasteiger partial charge in [-0.3, -0.25) is 9.68 Å². The standard InChI is InChI=1S/C21H21NO3/c1-21(2,17-9-5-3-6-10-17)18-13-15-20(16-14-18)25-22(23)24-19-11-7-4-8-12-19/h3-16,22H,1-2H3. The Labute approximate surface area is 147 Å². The highest BCUT2D eigenvalue weighted by atomic mass is 17.1. The average Bonchev–Trinajstić information content (AvgIpc) is 2.63. The van der Waals surface area contributed by atoms with Crippen LogP contribution in [0.25, 0.3) is 0 Å². The summed E-state index contributed by atoms with van der Waals surface area (Å²) in [5.74, 6) is 0.905. The molecule has 1 N–H and O–H groups in total. The molecule has 1 unspecified atom stereocenters. The highest BCUT2D eigenvalue weighted by molar-refractivity contribution is 5.39. The van der Waals surface area contributed by atoms with Crippen molar-refractivity contribution in [2.75, 3.05) is 0 Å². The van der Waals surface area contributed by atoms with Crippen molar-refractivity contribution >= 4 is 0 Å². The van der Waals surface area contributed by atoms with Crippen molar-refractivity contribution in [2.45, 2.75) is 19.3 Å². The van der Waals surface area contributed by atoms with E-state index in [1.807, 2.05) is 36.4 Å². The first-order chi connectivity index (χ1) is 12.1. The molecule has 25 heavy (non-hydrogen) atoms. The fourth-order valence-electron chi connectivity index (χ4n) is 2.66. The summed E-state index contributed by atoms with van der Waals surface area (Å²) in [4.78, 5) is 10.4. The van der Waals surface area contributed by atoms with Crippen LogP contribution in [0.3, 0.4) is 0 Å². The monoisotopic (exact) mass is 335 g/mol. The minimum absolute atomic E-state index is 0.135. The topological polar surface area (TPSA) is 46.0 Å². The lowest BCUT2D eigenvalue weighted by atomic mass is 9.78. The molecule has 1 atom stereocenters. The Kier molecular flexibility index (Phi) is 5.03. The van der Waals surface area contributed by atoms with Gasteiger partial charge in [-0.15, -0.1) is 0 Å². The van der Waals surface area contributed by atoms with Gasteiger partial charge in [0.05, 0.1) is 0 Å². The Morgan fingerprint density at radius 3 is 1.64 bits per heavy atom. The van der Waals surface area contributed by atoms with Gasteiger partial charge in [-0.1, -0.05) is 74.5 Å². The molecule has 0 spiro atoms. The summed E-state index contributed by atoms with van der Waals surface area (Å²) < 4.78 is 0. The van der Waals surface area contributed by atoms with Crippen LogP contribution in [0, 0.1) is 5.21 Å². The molecular weight excluding hydrogens is 314 g/mol. The summed E-state index contributed by atoms with van der Waals surface area (Å²) in [6.07, 6.45) is 0. The fourth-order valence-corrected chi connectivity index (χ4v) is 2.66. The highest BCUT2D eigenvalue weighted by Gasteiger charge is 2.22. The van der Waals surface area contributed by atoms with E-state index in [4.69, 9.17) is 9.68 Å². The summed E-state index contributed by atoms with van der Waals surface area (Å²) in [5.41, 5.74) is 2.24. The van der Waals surface area contributed by atoms with Crippen LogP contribution < -0.4 is 15.1 Å². The molecule has 0 heterocycles. The number of quaternary nitrogens is 1. The minimum atomic E-state index is -0.749. The lowest BCUT2D eigenvalue weighted by molar-refractivity contribution is -1.16. The minimum Gasteiger partial charge on any atom is -0.547 e. The molecule has 0 saturated carbocycles. The second kappa shape index (κ2) is 7.38. The molecule has 3 rings (SSSR count). The van der Waals surface area contributed by atoms with Gasteiger partial charge in [0.15, 0.2) is 11.5 Å². The number of nitrogens with one attached hydrogen (secondary N) is 1. The maximum Gasteiger partial charge on any atom is 0.196 e. The Hall–Kier alpha value is -2.82. The van der Waals surface area contributed by atoms with Gasteiger partial charge in [0, 0.05) is 10.8 Å². The van der Waals surface area contributed by atoms with Crippen molar-refractivity contribution in [3.63, 3.8) is 0 Å². The quantitative estimate of drug-likeness (QED) is 0.699. The van der Waals surface area contributed by atoms with E-state index in [0.29, 0.717) is 11.5 Å². The molecule has 0 fully saturated rings. The van der Waals surface area contributed by atoms with Gasteiger partial charge in [-0.2, -0.15) is 0 Å². The van der Waals surface area contributed by atoms with E-state index in [2.05, 4.69) is 26.0 Å². The van der Waals surface area contributed by atoms with Gasteiger partial charge in [0.2, 0.25) is 0 Å². The molecule has 0 saturated heterocycles. The van der Waals surface area contributed by atoms with E-state index >= 15 is 0 Å². The van der Waals surface area contributed by atoms with Gasteiger partial charge >= 0.3 is 0 Å². The predicted octanol–water partition coefficient (Wildman–Crippen LogP) is 3.68. The lowest BCUT2D eigenvalue weighted by Gasteiger charge is -2.26. The normalized spacial score (nSPS) is 12.4. The van der Waals surface area contributed by atoms with Crippen LogP contribution in [0.4, 0.5) is 0 Å². The first-order valence-electron chi connectivity index (χ1n) is 8.16. The van der Waals surface area contributed by atoms with E-state index in [9.17, 15) is 5.21 Å². The van der Waals surface area contributed by atoms with Crippen LogP contribution in [0.1, 0.15) is 25.0 Å². The highest BCUT2D eigenvalue weighted by Crippen LogP contribution is 2.31. The maximum atomic E-state index is 11.8. The van der Waals surface area contributed by atoms with Crippen molar-refractivity contribution in [1.82, 2.24) is 0 Å². The molecule has 0 aliphatic rings. The Bertz CT molecular complexity index is 786. The molecule has 0 radical (unpaired) electrons. The SMILES string of the molecule is CC(C)(c1ccccc1)c1ccc(O[NH+]([O-])Oc2ccccc2)cc1. The lowest BCUT2D eigenvalue weighted by Crippen LogP contribution is -3.11. The number of benzene rings is 3. The third kappa shape index (κ3) is 4.18. The Morgan fingerprint density at radius 2 is 1.08 bits per heavy atom. The summed E-state index contributed by atoms with van der Waals surface area (Å²) in [7, 11) is 0. The first-order valence-corrected chi connectivity index (χ1v) is 8.16. The number of hydrogen-bond acceptors (Lipinski definition) is 3. The Morgan fingerprint density at radius 1 is 0.640 bits per heavy atom. The zero-order valence-electron chi connectivity index (χ0n) is 14.3. The molecule has 4 heteroatoms. The molecule has 0 amide bonds. The zero-order valence-corrected chi connectivity index (χ0v) is 14.3. The van der Waals surface area contributed by atoms with Crippen LogP contribution in [-0.2, 0) is 5.41 Å². The second-order valence-electron chi connectivity index (χ2n) is 6.28. The van der Waals surface area contributed by atoms with Gasteiger partial charge < -0.3 is 5.21 Å². The largest absolute Gasteiger partial charge is 0.547 e. The van der Waals surface area contributed by atoms with Crippen LogP contribution in [0.5, 0.6) is 11.5 Å². The second-order valence-corrected chi connectivity index (χ2v) is 6.28. The third-order valence-electron chi connectivity index (χ3n) is 4.22. The zero-order chi connectivity index (χ0) is 17.7. The van der Waals surface area contributed by atoms with Crippen LogP contribution in [0.2, 0.25) is 0 Å². The summed E-state index contributed by atoms with van der Waals surface area (Å²) in [6.45, 7) is 4.34. The predicted molar refractivity (Wildman–Crippen MR) is 97.0 cm³/mol. The summed E-state index contributed by atoms with van der Waals surface area (Å²) in [6, 6.07) is 26.7. The molecule has 128 valence electrons. The van der Waals surface area contributed by atoms with E-state index < -0.39 is 5.39 Å². The van der Waals surface area contributed by atoms with Crippen molar-refractivity contribution in [3.05, 3.63) is 101 Å². The molecule has 3 aromatic rings. The number of hydrogen-bond donors (Lipinski definition) is 1. The van der Waals surface area contributed by atoms with Crippen LogP contribution in [-0.4, -0.2) is 0 Å². The van der Waals surface area contributed by atoms with Crippen molar-refractivity contribution < 1.29 is 15.1 Å². The van der Waals surface area contributed by atoms with E-state index in [-0.39, 0.29) is 5.41 Å². The van der Waals surface area contributed by atoms with Crippen LogP contribution in [0.15, 0.2) is 84.9 Å².